The van der Waals surface area contributed by atoms with Crippen molar-refractivity contribution in [3.63, 3.8) is 0 Å². The second-order valence-corrected chi connectivity index (χ2v) is 6.21. The standard InChI is InChI=1S/C20H24N2O3/c1-14(2)13-21-20(24)17-11-7-8-12-18(17)22-19(23)15(3)25-16-9-5-4-6-10-16/h4-12,14-15H,13H2,1-3H3,(H,21,24)(H,22,23). The van der Waals surface area contributed by atoms with E-state index in [2.05, 4.69) is 10.6 Å². The van der Waals surface area contributed by atoms with Gasteiger partial charge in [0, 0.05) is 6.54 Å². The normalized spacial score (nSPS) is 11.7. The molecule has 2 amide bonds. The van der Waals surface area contributed by atoms with Crippen LogP contribution in [0.4, 0.5) is 5.69 Å². The number of anilines is 1. The van der Waals surface area contributed by atoms with Crippen molar-refractivity contribution in [3.8, 4) is 5.75 Å². The molecule has 2 N–H and O–H groups in total. The lowest BCUT2D eigenvalue weighted by atomic mass is 10.1. The summed E-state index contributed by atoms with van der Waals surface area (Å²) in [7, 11) is 0. The van der Waals surface area contributed by atoms with Crippen LogP contribution in [0, 0.1) is 5.92 Å². The fourth-order valence-electron chi connectivity index (χ4n) is 2.17. The molecule has 0 aliphatic carbocycles. The minimum atomic E-state index is -0.686. The number of nitrogens with one attached hydrogen (secondary N) is 2. The molecule has 0 saturated heterocycles. The Bertz CT molecular complexity index is 714. The van der Waals surface area contributed by atoms with Crippen LogP contribution in [0.15, 0.2) is 54.6 Å². The van der Waals surface area contributed by atoms with Crippen molar-refractivity contribution in [3.05, 3.63) is 60.2 Å². The molecular formula is C20H24N2O3. The zero-order valence-electron chi connectivity index (χ0n) is 14.8. The number of ether oxygens (including phenoxy) is 1. The van der Waals surface area contributed by atoms with Gasteiger partial charge in [0.2, 0.25) is 0 Å². The monoisotopic (exact) mass is 340 g/mol. The molecular weight excluding hydrogens is 316 g/mol. The van der Waals surface area contributed by atoms with E-state index in [9.17, 15) is 9.59 Å². The van der Waals surface area contributed by atoms with Gasteiger partial charge < -0.3 is 15.4 Å². The van der Waals surface area contributed by atoms with Gasteiger partial charge in [-0.3, -0.25) is 9.59 Å². The van der Waals surface area contributed by atoms with E-state index in [-0.39, 0.29) is 11.8 Å². The Morgan fingerprint density at radius 1 is 0.960 bits per heavy atom. The topological polar surface area (TPSA) is 67.4 Å². The third kappa shape index (κ3) is 5.64. The maximum Gasteiger partial charge on any atom is 0.265 e. The summed E-state index contributed by atoms with van der Waals surface area (Å²) in [6, 6.07) is 16.1. The molecule has 2 aromatic rings. The fourth-order valence-corrected chi connectivity index (χ4v) is 2.17. The van der Waals surface area contributed by atoms with Crippen LogP contribution in [0.25, 0.3) is 0 Å². The summed E-state index contributed by atoms with van der Waals surface area (Å²) >= 11 is 0. The summed E-state index contributed by atoms with van der Waals surface area (Å²) in [6.45, 7) is 6.30. The lowest BCUT2D eigenvalue weighted by Crippen LogP contribution is -2.32. The van der Waals surface area contributed by atoms with Crippen molar-refractivity contribution in [2.24, 2.45) is 5.92 Å². The van der Waals surface area contributed by atoms with E-state index in [0.717, 1.165) is 0 Å². The third-order valence-electron chi connectivity index (χ3n) is 3.53. The number of carbonyl (C=O) groups excluding carboxylic acids is 2. The quantitative estimate of drug-likeness (QED) is 0.811. The van der Waals surface area contributed by atoms with Gasteiger partial charge in [0.15, 0.2) is 6.10 Å². The van der Waals surface area contributed by atoms with Gasteiger partial charge in [-0.05, 0) is 37.1 Å². The van der Waals surface area contributed by atoms with Gasteiger partial charge >= 0.3 is 0 Å². The molecule has 5 nitrogen and oxygen atoms in total. The molecule has 0 saturated carbocycles. The van der Waals surface area contributed by atoms with Crippen LogP contribution in [0.2, 0.25) is 0 Å². The van der Waals surface area contributed by atoms with Crippen molar-refractivity contribution < 1.29 is 14.3 Å². The number of hydrogen-bond acceptors (Lipinski definition) is 3. The number of hydrogen-bond donors (Lipinski definition) is 2. The highest BCUT2D eigenvalue weighted by Gasteiger charge is 2.18. The molecule has 2 aromatic carbocycles. The Morgan fingerprint density at radius 2 is 1.60 bits per heavy atom. The van der Waals surface area contributed by atoms with Crippen LogP contribution in [-0.4, -0.2) is 24.5 Å². The third-order valence-corrected chi connectivity index (χ3v) is 3.53. The molecule has 1 unspecified atom stereocenters. The van der Waals surface area contributed by atoms with E-state index in [1.807, 2.05) is 32.0 Å². The second-order valence-electron chi connectivity index (χ2n) is 6.21. The van der Waals surface area contributed by atoms with Crippen LogP contribution in [-0.2, 0) is 4.79 Å². The highest BCUT2D eigenvalue weighted by molar-refractivity contribution is 6.04. The van der Waals surface area contributed by atoms with E-state index in [4.69, 9.17) is 4.74 Å². The maximum absolute atomic E-state index is 12.4. The zero-order valence-corrected chi connectivity index (χ0v) is 14.8. The summed E-state index contributed by atoms with van der Waals surface area (Å²) in [6.07, 6.45) is -0.686. The lowest BCUT2D eigenvalue weighted by Gasteiger charge is -2.16. The average Bonchev–Trinajstić information content (AvgIpc) is 2.61. The Hall–Kier alpha value is -2.82. The average molecular weight is 340 g/mol. The molecule has 0 spiro atoms. The first-order chi connectivity index (χ1) is 12.0. The zero-order chi connectivity index (χ0) is 18.2. The van der Waals surface area contributed by atoms with Gasteiger partial charge in [-0.25, -0.2) is 0 Å². The highest BCUT2D eigenvalue weighted by Crippen LogP contribution is 2.17. The van der Waals surface area contributed by atoms with Gasteiger partial charge in [-0.1, -0.05) is 44.2 Å². The Kier molecular flexibility index (Phi) is 6.57. The molecule has 0 fully saturated rings. The van der Waals surface area contributed by atoms with Crippen molar-refractivity contribution in [2.45, 2.75) is 26.9 Å². The predicted octanol–water partition coefficient (Wildman–Crippen LogP) is 3.48. The SMILES string of the molecule is CC(C)CNC(=O)c1ccccc1NC(=O)C(C)Oc1ccccc1. The fraction of sp³-hybridized carbons (Fsp3) is 0.300. The number of rotatable bonds is 7. The Balaban J connectivity index is 2.04. The highest BCUT2D eigenvalue weighted by atomic mass is 16.5. The van der Waals surface area contributed by atoms with E-state index in [1.165, 1.54) is 0 Å². The second kappa shape index (κ2) is 8.87. The first kappa shape index (κ1) is 18.5. The Labute approximate surface area is 148 Å². The molecule has 25 heavy (non-hydrogen) atoms. The summed E-state index contributed by atoms with van der Waals surface area (Å²) < 4.78 is 5.62. The van der Waals surface area contributed by atoms with Crippen LogP contribution < -0.4 is 15.4 Å². The largest absolute Gasteiger partial charge is 0.481 e. The van der Waals surface area contributed by atoms with Gasteiger partial charge in [0.05, 0.1) is 11.3 Å². The first-order valence-electron chi connectivity index (χ1n) is 8.37. The van der Waals surface area contributed by atoms with E-state index in [1.54, 1.807) is 43.3 Å². The molecule has 132 valence electrons. The molecule has 0 aromatic heterocycles. The van der Waals surface area contributed by atoms with E-state index < -0.39 is 6.10 Å². The van der Waals surface area contributed by atoms with Gasteiger partial charge in [-0.2, -0.15) is 0 Å². The van der Waals surface area contributed by atoms with Crippen LogP contribution >= 0.6 is 0 Å². The predicted molar refractivity (Wildman–Crippen MR) is 98.8 cm³/mol. The number of carbonyl (C=O) groups is 2. The van der Waals surface area contributed by atoms with E-state index in [0.29, 0.717) is 29.5 Å². The van der Waals surface area contributed by atoms with Crippen molar-refractivity contribution in [1.29, 1.82) is 0 Å². The lowest BCUT2D eigenvalue weighted by molar-refractivity contribution is -0.122. The minimum Gasteiger partial charge on any atom is -0.481 e. The molecule has 0 aliphatic heterocycles. The smallest absolute Gasteiger partial charge is 0.265 e. The van der Waals surface area contributed by atoms with Gasteiger partial charge in [-0.15, -0.1) is 0 Å². The number of amides is 2. The molecule has 5 heteroatoms. The summed E-state index contributed by atoms with van der Waals surface area (Å²) in [5.41, 5.74) is 0.903. The molecule has 0 radical (unpaired) electrons. The van der Waals surface area contributed by atoms with E-state index >= 15 is 0 Å². The van der Waals surface area contributed by atoms with Crippen molar-refractivity contribution in [1.82, 2.24) is 5.32 Å². The van der Waals surface area contributed by atoms with Gasteiger partial charge in [0.1, 0.15) is 5.75 Å². The molecule has 0 bridgehead atoms. The van der Waals surface area contributed by atoms with Crippen molar-refractivity contribution in [2.75, 3.05) is 11.9 Å². The molecule has 0 heterocycles. The van der Waals surface area contributed by atoms with Gasteiger partial charge in [0.25, 0.3) is 11.8 Å². The molecule has 1 atom stereocenters. The first-order valence-corrected chi connectivity index (χ1v) is 8.37. The van der Waals surface area contributed by atoms with Crippen LogP contribution in [0.3, 0.4) is 0 Å². The minimum absolute atomic E-state index is 0.207. The van der Waals surface area contributed by atoms with Crippen LogP contribution in [0.5, 0.6) is 5.75 Å². The number of para-hydroxylation sites is 2. The maximum atomic E-state index is 12.4. The Morgan fingerprint density at radius 3 is 2.28 bits per heavy atom. The molecule has 0 aliphatic rings. The summed E-state index contributed by atoms with van der Waals surface area (Å²) in [5, 5.41) is 5.63. The summed E-state index contributed by atoms with van der Waals surface area (Å²) in [5.74, 6) is 0.451. The molecule has 2 rings (SSSR count). The van der Waals surface area contributed by atoms with Crippen LogP contribution in [0.1, 0.15) is 31.1 Å². The number of benzene rings is 2. The summed E-state index contributed by atoms with van der Waals surface area (Å²) in [4.78, 5) is 24.7. The van der Waals surface area contributed by atoms with Crippen molar-refractivity contribution >= 4 is 17.5 Å².